The Kier molecular flexibility index (Phi) is 16.8. The first kappa shape index (κ1) is 35.1. The summed E-state index contributed by atoms with van der Waals surface area (Å²) in [6.07, 6.45) is 33.3. The Morgan fingerprint density at radius 2 is 1.09 bits per heavy atom. The van der Waals surface area contributed by atoms with Crippen LogP contribution in [0.25, 0.3) is 0 Å². The van der Waals surface area contributed by atoms with Crippen LogP contribution in [0.3, 0.4) is 0 Å². The van der Waals surface area contributed by atoms with Gasteiger partial charge in [-0.1, -0.05) is 177 Å². The molecule has 0 aliphatic carbocycles. The van der Waals surface area contributed by atoms with Crippen LogP contribution in [0.4, 0.5) is 0 Å². The Labute approximate surface area is 266 Å². The van der Waals surface area contributed by atoms with E-state index in [2.05, 4.69) is 116 Å². The van der Waals surface area contributed by atoms with Crippen LogP contribution < -0.4 is 4.57 Å². The van der Waals surface area contributed by atoms with Crippen molar-refractivity contribution >= 4 is 0 Å². The summed E-state index contributed by atoms with van der Waals surface area (Å²) < 4.78 is 4.89. The van der Waals surface area contributed by atoms with E-state index in [1.165, 1.54) is 127 Å². The molecule has 0 fully saturated rings. The summed E-state index contributed by atoms with van der Waals surface area (Å²) in [4.78, 5) is 0. The summed E-state index contributed by atoms with van der Waals surface area (Å²) in [6.45, 7) is 9.36. The van der Waals surface area contributed by atoms with Gasteiger partial charge in [-0.25, -0.2) is 9.13 Å². The van der Waals surface area contributed by atoms with Crippen LogP contribution in [-0.4, -0.2) is 4.57 Å². The lowest BCUT2D eigenvalue weighted by molar-refractivity contribution is -0.732. The van der Waals surface area contributed by atoms with Gasteiger partial charge in [0.05, 0.1) is 6.04 Å². The van der Waals surface area contributed by atoms with Crippen molar-refractivity contribution in [2.45, 2.75) is 167 Å². The van der Waals surface area contributed by atoms with E-state index >= 15 is 0 Å². The van der Waals surface area contributed by atoms with E-state index in [1.807, 2.05) is 0 Å². The minimum atomic E-state index is 0.00545. The number of benzene rings is 2. The molecule has 0 aliphatic rings. The minimum Gasteiger partial charge on any atom is -0.235 e. The van der Waals surface area contributed by atoms with E-state index in [0.717, 1.165) is 6.42 Å². The average molecular weight is 586 g/mol. The van der Waals surface area contributed by atoms with Crippen molar-refractivity contribution < 1.29 is 4.57 Å². The van der Waals surface area contributed by atoms with Crippen molar-refractivity contribution in [3.8, 4) is 0 Å². The maximum atomic E-state index is 2.53. The molecular formula is C41H65N2+. The van der Waals surface area contributed by atoms with E-state index in [-0.39, 0.29) is 5.41 Å². The van der Waals surface area contributed by atoms with Gasteiger partial charge in [0.15, 0.2) is 0 Å². The SMILES string of the molecule is CCCCCCCCCCCCCCCCCCCC([n+]1ccn(C(C)C)c1)C(C)(Cc1ccccc1)c1ccccc1. The van der Waals surface area contributed by atoms with Crippen molar-refractivity contribution in [2.24, 2.45) is 0 Å². The molecule has 0 saturated carbocycles. The Morgan fingerprint density at radius 1 is 0.628 bits per heavy atom. The zero-order chi connectivity index (χ0) is 30.6. The predicted molar refractivity (Wildman–Crippen MR) is 187 cm³/mol. The number of nitrogens with zero attached hydrogens (tertiary/aromatic N) is 2. The van der Waals surface area contributed by atoms with Gasteiger partial charge in [0.25, 0.3) is 0 Å². The molecule has 0 amide bonds. The summed E-state index contributed by atoms with van der Waals surface area (Å²) in [5.74, 6) is 0. The normalized spacial score (nSPS) is 13.8. The highest BCUT2D eigenvalue weighted by Crippen LogP contribution is 2.39. The van der Waals surface area contributed by atoms with E-state index in [0.29, 0.717) is 12.1 Å². The number of hydrogen-bond acceptors (Lipinski definition) is 0. The number of imidazole rings is 1. The van der Waals surface area contributed by atoms with Crippen LogP contribution in [0.15, 0.2) is 79.4 Å². The van der Waals surface area contributed by atoms with E-state index in [1.54, 1.807) is 0 Å². The van der Waals surface area contributed by atoms with Gasteiger partial charge < -0.3 is 0 Å². The van der Waals surface area contributed by atoms with Gasteiger partial charge in [-0.15, -0.1) is 0 Å². The van der Waals surface area contributed by atoms with Crippen LogP contribution >= 0.6 is 0 Å². The first-order valence-corrected chi connectivity index (χ1v) is 18.2. The Morgan fingerprint density at radius 3 is 1.56 bits per heavy atom. The minimum absolute atomic E-state index is 0.00545. The number of aromatic nitrogens is 2. The van der Waals surface area contributed by atoms with Gasteiger partial charge in [0, 0.05) is 5.41 Å². The second-order valence-electron chi connectivity index (χ2n) is 13.8. The molecule has 2 nitrogen and oxygen atoms in total. The lowest BCUT2D eigenvalue weighted by Crippen LogP contribution is -2.50. The fraction of sp³-hybridized carbons (Fsp3) is 0.634. The van der Waals surface area contributed by atoms with Gasteiger partial charge in [-0.2, -0.15) is 0 Å². The third-order valence-corrected chi connectivity index (χ3v) is 9.80. The zero-order valence-corrected chi connectivity index (χ0v) is 28.5. The van der Waals surface area contributed by atoms with Crippen molar-refractivity contribution in [1.29, 1.82) is 0 Å². The molecule has 2 atom stereocenters. The molecular weight excluding hydrogens is 520 g/mol. The molecule has 238 valence electrons. The third-order valence-electron chi connectivity index (χ3n) is 9.80. The number of unbranched alkanes of at least 4 members (excludes halogenated alkanes) is 16. The molecule has 1 heterocycles. The monoisotopic (exact) mass is 586 g/mol. The molecule has 0 aliphatic heterocycles. The molecule has 0 radical (unpaired) electrons. The number of hydrogen-bond donors (Lipinski definition) is 0. The van der Waals surface area contributed by atoms with Gasteiger partial charge in [-0.3, -0.25) is 0 Å². The summed E-state index contributed by atoms with van der Waals surface area (Å²) in [6, 6.07) is 23.3. The molecule has 43 heavy (non-hydrogen) atoms. The summed E-state index contributed by atoms with van der Waals surface area (Å²) in [7, 11) is 0. The average Bonchev–Trinajstić information content (AvgIpc) is 3.52. The summed E-state index contributed by atoms with van der Waals surface area (Å²) in [5, 5.41) is 0. The van der Waals surface area contributed by atoms with Gasteiger partial charge in [0.1, 0.15) is 18.4 Å². The highest BCUT2D eigenvalue weighted by molar-refractivity contribution is 5.29. The predicted octanol–water partition coefficient (Wildman–Crippen LogP) is 12.1. The molecule has 2 aromatic carbocycles. The third kappa shape index (κ3) is 12.7. The van der Waals surface area contributed by atoms with Crippen LogP contribution in [0.5, 0.6) is 0 Å². The van der Waals surface area contributed by atoms with Crippen molar-refractivity contribution in [3.63, 3.8) is 0 Å². The van der Waals surface area contributed by atoms with Crippen LogP contribution in [0, 0.1) is 0 Å². The molecule has 2 unspecified atom stereocenters. The van der Waals surface area contributed by atoms with Crippen LogP contribution in [0.1, 0.15) is 166 Å². The van der Waals surface area contributed by atoms with E-state index in [4.69, 9.17) is 0 Å². The molecule has 0 saturated heterocycles. The van der Waals surface area contributed by atoms with Gasteiger partial charge in [-0.05, 0) is 44.2 Å². The molecule has 2 heteroatoms. The van der Waals surface area contributed by atoms with E-state index < -0.39 is 0 Å². The quantitative estimate of drug-likeness (QED) is 0.0730. The standard InChI is InChI=1S/C41H65N2/c1-5-6-7-8-9-10-11-12-13-14-15-16-17-18-19-20-27-32-40(43-34-33-42(36-43)37(2)3)41(4,39-30-25-22-26-31-39)35-38-28-23-21-24-29-38/h21-26,28-31,33-34,36-37,40H,5-20,27,32,35H2,1-4H3/q+1. The highest BCUT2D eigenvalue weighted by Gasteiger charge is 2.40. The van der Waals surface area contributed by atoms with Crippen LogP contribution in [-0.2, 0) is 11.8 Å². The molecule has 0 N–H and O–H groups in total. The fourth-order valence-electron chi connectivity index (χ4n) is 6.99. The fourth-order valence-corrected chi connectivity index (χ4v) is 6.99. The molecule has 3 aromatic rings. The molecule has 1 aromatic heterocycles. The topological polar surface area (TPSA) is 8.81 Å². The molecule has 0 bridgehead atoms. The Balaban J connectivity index is 1.46. The Bertz CT molecular complexity index is 1070. The van der Waals surface area contributed by atoms with Crippen molar-refractivity contribution in [1.82, 2.24) is 4.57 Å². The zero-order valence-electron chi connectivity index (χ0n) is 28.5. The molecule has 0 spiro atoms. The largest absolute Gasteiger partial charge is 0.244 e. The lowest BCUT2D eigenvalue weighted by Gasteiger charge is -2.37. The van der Waals surface area contributed by atoms with Crippen molar-refractivity contribution in [3.05, 3.63) is 90.5 Å². The smallest absolute Gasteiger partial charge is 0.235 e. The highest BCUT2D eigenvalue weighted by atomic mass is 15.1. The Hall–Kier alpha value is -2.35. The first-order chi connectivity index (χ1) is 21.0. The second-order valence-corrected chi connectivity index (χ2v) is 13.8. The first-order valence-electron chi connectivity index (χ1n) is 18.2. The van der Waals surface area contributed by atoms with Crippen LogP contribution in [0.2, 0.25) is 0 Å². The molecule has 3 rings (SSSR count). The van der Waals surface area contributed by atoms with Gasteiger partial charge >= 0.3 is 0 Å². The second kappa shape index (κ2) is 20.6. The summed E-state index contributed by atoms with van der Waals surface area (Å²) >= 11 is 0. The number of rotatable bonds is 24. The lowest BCUT2D eigenvalue weighted by atomic mass is 9.70. The van der Waals surface area contributed by atoms with Gasteiger partial charge in [0.2, 0.25) is 6.33 Å². The van der Waals surface area contributed by atoms with Crippen molar-refractivity contribution in [2.75, 3.05) is 0 Å². The summed E-state index contributed by atoms with van der Waals surface area (Å²) in [5.41, 5.74) is 2.87. The maximum absolute atomic E-state index is 2.53. The van der Waals surface area contributed by atoms with E-state index in [9.17, 15) is 0 Å². The maximum Gasteiger partial charge on any atom is 0.244 e.